The average Bonchev–Trinajstić information content (AvgIpc) is 2.56. The van der Waals surface area contributed by atoms with Crippen molar-refractivity contribution in [3.8, 4) is 23.0 Å². The molecule has 6 heteroatoms. The summed E-state index contributed by atoms with van der Waals surface area (Å²) in [6.45, 7) is 1.12. The largest absolute Gasteiger partial charge is 0.504 e. The Morgan fingerprint density at radius 2 is 0.958 bits per heavy atom. The number of fused-ring (bicyclic) bond motifs is 2. The van der Waals surface area contributed by atoms with Gasteiger partial charge in [0.2, 0.25) is 0 Å². The van der Waals surface area contributed by atoms with Crippen LogP contribution in [0.2, 0.25) is 0 Å². The lowest BCUT2D eigenvalue weighted by Gasteiger charge is -2.23. The van der Waals surface area contributed by atoms with E-state index in [4.69, 9.17) is 0 Å². The van der Waals surface area contributed by atoms with E-state index < -0.39 is 0 Å². The number of benzene rings is 2. The number of aromatic hydroxyl groups is 4. The summed E-state index contributed by atoms with van der Waals surface area (Å²) in [5.41, 5.74) is 4.53. The first-order chi connectivity index (χ1) is 11.5. The van der Waals surface area contributed by atoms with Crippen LogP contribution in [0, 0.1) is 0 Å². The zero-order valence-electron chi connectivity index (χ0n) is 12.8. The third-order valence-corrected chi connectivity index (χ3v) is 4.44. The van der Waals surface area contributed by atoms with Crippen molar-refractivity contribution < 1.29 is 20.4 Å². The summed E-state index contributed by atoms with van der Waals surface area (Å²) >= 11 is 0. The second-order valence-corrected chi connectivity index (χ2v) is 5.96. The molecule has 0 amide bonds. The van der Waals surface area contributed by atoms with E-state index in [0.29, 0.717) is 37.4 Å². The molecule has 24 heavy (non-hydrogen) atoms. The lowest BCUT2D eigenvalue weighted by atomic mass is 9.88. The molecule has 4 rings (SSSR count). The molecule has 4 N–H and O–H groups in total. The van der Waals surface area contributed by atoms with Crippen LogP contribution in [-0.2, 0) is 12.8 Å². The van der Waals surface area contributed by atoms with Gasteiger partial charge in [-0.05, 0) is 48.2 Å². The van der Waals surface area contributed by atoms with Gasteiger partial charge in [0.25, 0.3) is 0 Å². The minimum absolute atomic E-state index is 0.149. The molecule has 0 aliphatic carbocycles. The number of nitrogens with zero attached hydrogens (tertiary/aromatic N) is 2. The fraction of sp³-hybridized carbons (Fsp3) is 0.222. The van der Waals surface area contributed by atoms with E-state index in [1.807, 2.05) is 0 Å². The monoisotopic (exact) mass is 324 g/mol. The molecule has 0 aromatic heterocycles. The summed E-state index contributed by atoms with van der Waals surface area (Å²) in [6, 6.07) is 6.11. The zero-order chi connectivity index (χ0) is 16.8. The van der Waals surface area contributed by atoms with Crippen LogP contribution < -0.4 is 0 Å². The minimum Gasteiger partial charge on any atom is -0.504 e. The maximum atomic E-state index is 9.85. The number of phenolic OH excluding ortho intramolecular Hbond substituents is 4. The third-order valence-electron chi connectivity index (χ3n) is 4.44. The highest BCUT2D eigenvalue weighted by Gasteiger charge is 2.26. The Morgan fingerprint density at radius 3 is 1.38 bits per heavy atom. The summed E-state index contributed by atoms with van der Waals surface area (Å²) in [7, 11) is 0. The SMILES string of the molecule is Oc1cc2c(cc1O)C(C1=NCCc3cc(O)c(O)cc31)=NCC2. The van der Waals surface area contributed by atoms with E-state index in [1.54, 1.807) is 12.1 Å². The summed E-state index contributed by atoms with van der Waals surface area (Å²) in [5.74, 6) is -0.700. The predicted molar refractivity (Wildman–Crippen MR) is 89.8 cm³/mol. The molecule has 0 bridgehead atoms. The molecule has 0 saturated heterocycles. The standard InChI is InChI=1S/C18H16N2O4/c21-13-5-9-1-3-19-17(11(9)7-15(13)23)18-12-8-16(24)14(22)6-10(12)2-4-20-18/h5-8,21-24H,1-4H2. The molecule has 0 spiro atoms. The highest BCUT2D eigenvalue weighted by atomic mass is 16.3. The topological polar surface area (TPSA) is 106 Å². The Kier molecular flexibility index (Phi) is 3.19. The first kappa shape index (κ1) is 14.6. The summed E-state index contributed by atoms with van der Waals surface area (Å²) in [5, 5.41) is 39.1. The zero-order valence-corrected chi connectivity index (χ0v) is 12.8. The Labute approximate surface area is 138 Å². The number of phenols is 4. The van der Waals surface area contributed by atoms with Gasteiger partial charge in [0.15, 0.2) is 23.0 Å². The Hall–Kier alpha value is -3.02. The molecule has 2 heterocycles. The van der Waals surface area contributed by atoms with Crippen LogP contribution in [0.1, 0.15) is 22.3 Å². The van der Waals surface area contributed by atoms with Crippen LogP contribution in [0.15, 0.2) is 34.3 Å². The third kappa shape index (κ3) is 2.19. The second-order valence-electron chi connectivity index (χ2n) is 5.96. The molecule has 0 saturated carbocycles. The van der Waals surface area contributed by atoms with Crippen molar-refractivity contribution in [1.82, 2.24) is 0 Å². The van der Waals surface area contributed by atoms with Gasteiger partial charge >= 0.3 is 0 Å². The van der Waals surface area contributed by atoms with E-state index in [9.17, 15) is 20.4 Å². The highest BCUT2D eigenvalue weighted by Crippen LogP contribution is 2.34. The maximum Gasteiger partial charge on any atom is 0.158 e. The normalized spacial score (nSPS) is 16.0. The van der Waals surface area contributed by atoms with Crippen molar-refractivity contribution >= 4 is 11.4 Å². The van der Waals surface area contributed by atoms with Crippen LogP contribution in [0.4, 0.5) is 0 Å². The number of hydrogen-bond acceptors (Lipinski definition) is 6. The number of aliphatic imine (C=N–C) groups is 2. The smallest absolute Gasteiger partial charge is 0.158 e. The average molecular weight is 324 g/mol. The van der Waals surface area contributed by atoms with Crippen LogP contribution in [0.3, 0.4) is 0 Å². The predicted octanol–water partition coefficient (Wildman–Crippen LogP) is 1.90. The minimum atomic E-state index is -0.200. The van der Waals surface area contributed by atoms with E-state index in [2.05, 4.69) is 9.98 Å². The first-order valence-electron chi connectivity index (χ1n) is 7.74. The molecule has 2 aromatic carbocycles. The van der Waals surface area contributed by atoms with E-state index in [0.717, 1.165) is 22.3 Å². The van der Waals surface area contributed by atoms with Gasteiger partial charge in [0.05, 0.1) is 11.4 Å². The Balaban J connectivity index is 1.87. The molecule has 6 nitrogen and oxygen atoms in total. The van der Waals surface area contributed by atoms with Gasteiger partial charge in [0.1, 0.15) is 0 Å². The summed E-state index contributed by atoms with van der Waals surface area (Å²) in [6.07, 6.45) is 1.35. The van der Waals surface area contributed by atoms with Gasteiger partial charge in [-0.1, -0.05) is 0 Å². The second kappa shape index (κ2) is 5.26. The molecule has 2 aliphatic heterocycles. The molecule has 0 radical (unpaired) electrons. The van der Waals surface area contributed by atoms with Crippen molar-refractivity contribution in [2.45, 2.75) is 12.8 Å². The van der Waals surface area contributed by atoms with Crippen LogP contribution in [0.25, 0.3) is 0 Å². The quantitative estimate of drug-likeness (QED) is 0.601. The number of hydrogen-bond donors (Lipinski definition) is 4. The van der Waals surface area contributed by atoms with Gasteiger partial charge in [-0.2, -0.15) is 0 Å². The molecule has 2 aromatic rings. The molecule has 0 fully saturated rings. The Bertz CT molecular complexity index is 840. The maximum absolute atomic E-state index is 9.85. The fourth-order valence-corrected chi connectivity index (χ4v) is 3.25. The molecule has 122 valence electrons. The highest BCUT2D eigenvalue weighted by molar-refractivity contribution is 6.54. The number of rotatable bonds is 1. The van der Waals surface area contributed by atoms with E-state index in [-0.39, 0.29) is 23.0 Å². The summed E-state index contributed by atoms with van der Waals surface area (Å²) < 4.78 is 0. The van der Waals surface area contributed by atoms with Crippen LogP contribution in [-0.4, -0.2) is 44.9 Å². The van der Waals surface area contributed by atoms with Gasteiger partial charge in [-0.3, -0.25) is 9.98 Å². The van der Waals surface area contributed by atoms with Crippen molar-refractivity contribution in [3.05, 3.63) is 46.5 Å². The van der Waals surface area contributed by atoms with Crippen molar-refractivity contribution in [3.63, 3.8) is 0 Å². The lowest BCUT2D eigenvalue weighted by Crippen LogP contribution is -2.26. The molecular weight excluding hydrogens is 308 g/mol. The van der Waals surface area contributed by atoms with Gasteiger partial charge in [0, 0.05) is 24.2 Å². The van der Waals surface area contributed by atoms with Crippen LogP contribution >= 0.6 is 0 Å². The van der Waals surface area contributed by atoms with Crippen LogP contribution in [0.5, 0.6) is 23.0 Å². The van der Waals surface area contributed by atoms with E-state index >= 15 is 0 Å². The molecule has 0 atom stereocenters. The van der Waals surface area contributed by atoms with Crippen molar-refractivity contribution in [1.29, 1.82) is 0 Å². The Morgan fingerprint density at radius 1 is 0.583 bits per heavy atom. The van der Waals surface area contributed by atoms with Crippen molar-refractivity contribution in [2.24, 2.45) is 9.98 Å². The fourth-order valence-electron chi connectivity index (χ4n) is 3.25. The first-order valence-corrected chi connectivity index (χ1v) is 7.74. The van der Waals surface area contributed by atoms with E-state index in [1.165, 1.54) is 12.1 Å². The molecule has 2 aliphatic rings. The van der Waals surface area contributed by atoms with Gasteiger partial charge in [-0.25, -0.2) is 0 Å². The summed E-state index contributed by atoms with van der Waals surface area (Å²) in [4.78, 5) is 9.13. The molecule has 0 unspecified atom stereocenters. The molecular formula is C18H16N2O4. The van der Waals surface area contributed by atoms with Crippen molar-refractivity contribution in [2.75, 3.05) is 13.1 Å². The lowest BCUT2D eigenvalue weighted by molar-refractivity contribution is 0.403. The van der Waals surface area contributed by atoms with Gasteiger partial charge in [-0.15, -0.1) is 0 Å². The van der Waals surface area contributed by atoms with Gasteiger partial charge < -0.3 is 20.4 Å².